The van der Waals surface area contributed by atoms with Crippen LogP contribution in [0.5, 0.6) is 0 Å². The fraction of sp³-hybridized carbons (Fsp3) is 0.0299. The maximum absolute atomic E-state index is 13.7. The van der Waals surface area contributed by atoms with E-state index in [0.717, 1.165) is 50.0 Å². The standard InChI is InChI=1S/C32H20ClN.C20H12ClF.C13H10.CH3F.CH2O3.2Cs.H/c33-23-17-22(30-19-21-9-1-2-10-25(21)26-11-3-4-12-27(26)30)18-24(20-23)34-31-15-7-5-13-28(31)29-14-6-8-16-32(29)34;21-15-9-14(10-16(22)12-15)20-11-13-5-1-2-6-17(13)18-7-3-4-8-19(18)20;1-3-7-12-10(5-1)9-11-6-2-4-8-13(11)12;1-2;2-1-4-3;;;/h1-20H;1-12H;1-8H,9H2;1H3;1,3H;;;/q;;;;;2*+1;-1/p-1/i;;;1D;;;;. The molecule has 0 unspecified atom stereocenters. The summed E-state index contributed by atoms with van der Waals surface area (Å²) < 4.78 is 31.6. The molecule has 0 aliphatic heterocycles. The van der Waals surface area contributed by atoms with Gasteiger partial charge in [-0.3, -0.25) is 9.18 Å². The summed E-state index contributed by atoms with van der Waals surface area (Å²) in [5.41, 5.74) is 13.3. The third-order valence-electron chi connectivity index (χ3n) is 13.5. The summed E-state index contributed by atoms with van der Waals surface area (Å²) in [6.45, 7) is -0.181. The molecule has 368 valence electrons. The zero-order valence-corrected chi connectivity index (χ0v) is 56.3. The molecule has 0 fully saturated rings. The van der Waals surface area contributed by atoms with Gasteiger partial charge < -0.3 is 16.1 Å². The molecule has 0 N–H and O–H groups in total. The molecular formula is C67H47Cl2Cs2F2NO3. The summed E-state index contributed by atoms with van der Waals surface area (Å²) in [7, 11) is -1.00. The first kappa shape index (κ1) is 57.2. The van der Waals surface area contributed by atoms with Crippen LogP contribution in [0.1, 0.15) is 13.9 Å². The number of hydrogen-bond donors (Lipinski definition) is 0. The Bertz CT molecular complexity index is 4140. The van der Waals surface area contributed by atoms with Gasteiger partial charge >= 0.3 is 138 Å². The quantitative estimate of drug-likeness (QED) is 0.0764. The van der Waals surface area contributed by atoms with Crippen molar-refractivity contribution in [3.05, 3.63) is 270 Å². The normalized spacial score (nSPS) is 10.9. The van der Waals surface area contributed by atoms with Crippen molar-refractivity contribution in [1.29, 1.82) is 0 Å². The Morgan fingerprint density at radius 2 is 0.844 bits per heavy atom. The summed E-state index contributed by atoms with van der Waals surface area (Å²) in [6, 6.07) is 83.6. The first-order chi connectivity index (χ1) is 37.3. The second-order valence-electron chi connectivity index (χ2n) is 17.8. The topological polar surface area (TPSA) is 54.3 Å². The largest absolute Gasteiger partial charge is 1.00 e. The van der Waals surface area contributed by atoms with E-state index in [2.05, 4.69) is 210 Å². The van der Waals surface area contributed by atoms with Gasteiger partial charge in [0, 0.05) is 26.5 Å². The zero-order valence-electron chi connectivity index (χ0n) is 44.3. The van der Waals surface area contributed by atoms with Gasteiger partial charge in [-0.1, -0.05) is 205 Å². The van der Waals surface area contributed by atoms with Crippen LogP contribution in [0.25, 0.3) is 104 Å². The van der Waals surface area contributed by atoms with Gasteiger partial charge in [-0.25, -0.2) is 4.39 Å². The monoisotopic (exact) mass is 1290 g/mol. The van der Waals surface area contributed by atoms with Crippen LogP contribution in [0, 0.1) is 5.82 Å². The Morgan fingerprint density at radius 1 is 0.481 bits per heavy atom. The van der Waals surface area contributed by atoms with Gasteiger partial charge in [0.2, 0.25) is 0 Å². The molecule has 1 aliphatic rings. The first-order valence-electron chi connectivity index (χ1n) is 24.8. The van der Waals surface area contributed by atoms with Crippen molar-refractivity contribution in [2.75, 3.05) is 7.15 Å². The van der Waals surface area contributed by atoms with Crippen molar-refractivity contribution in [3.63, 3.8) is 0 Å². The minimum absolute atomic E-state index is 0. The van der Waals surface area contributed by atoms with E-state index < -0.39 is 7.15 Å². The minimum Gasteiger partial charge on any atom is -1.00 e. The molecule has 0 radical (unpaired) electrons. The van der Waals surface area contributed by atoms with E-state index in [1.807, 2.05) is 24.3 Å². The average Bonchev–Trinajstić information content (AvgIpc) is 4.18. The molecule has 0 saturated carbocycles. The molecule has 0 bridgehead atoms. The molecule has 0 amide bonds. The van der Waals surface area contributed by atoms with Crippen LogP contribution in [0.15, 0.2) is 243 Å². The third-order valence-corrected chi connectivity index (χ3v) is 13.9. The molecule has 10 heteroatoms. The van der Waals surface area contributed by atoms with Gasteiger partial charge in [-0.05, 0) is 155 Å². The molecule has 1 aromatic heterocycles. The Morgan fingerprint density at radius 3 is 1.30 bits per heavy atom. The summed E-state index contributed by atoms with van der Waals surface area (Å²) in [5, 5.41) is 21.6. The van der Waals surface area contributed by atoms with E-state index in [4.69, 9.17) is 34.6 Å². The fourth-order valence-corrected chi connectivity index (χ4v) is 10.9. The van der Waals surface area contributed by atoms with Gasteiger partial charge in [0.1, 0.15) is 5.82 Å². The molecule has 1 heterocycles. The molecule has 12 aromatic carbocycles. The number of nitrogens with zero attached hydrogens (tertiary/aromatic N) is 1. The van der Waals surface area contributed by atoms with Crippen LogP contribution in [0.4, 0.5) is 8.78 Å². The molecule has 1 aliphatic carbocycles. The average molecular weight is 1290 g/mol. The van der Waals surface area contributed by atoms with Gasteiger partial charge in [0.05, 0.1) is 19.6 Å². The number of fused-ring (bicyclic) bond motifs is 12. The SMILES string of the molecule is Clc1cc(-c2cc3ccccc3c3ccccc23)cc(-n2c3ccccc3c3ccccc32)c1.Fc1cc(Cl)cc(-c2cc3ccccc3c3ccccc23)c1.O=CO[O-].[2H]CF.[Cs+].[Cs+].[H-].c1ccc2c(c1)Cc1ccccc1-2. The van der Waals surface area contributed by atoms with E-state index >= 15 is 0 Å². The zero-order chi connectivity index (χ0) is 52.5. The molecule has 4 nitrogen and oxygen atoms in total. The van der Waals surface area contributed by atoms with Crippen LogP contribution >= 0.6 is 23.2 Å². The number of rotatable bonds is 4. The summed E-state index contributed by atoms with van der Waals surface area (Å²) in [5.74, 6) is -0.320. The third kappa shape index (κ3) is 12.7. The van der Waals surface area contributed by atoms with Crippen molar-refractivity contribution < 1.29 is 164 Å². The molecule has 0 saturated heterocycles. The van der Waals surface area contributed by atoms with Gasteiger partial charge in [0.25, 0.3) is 6.47 Å². The van der Waals surface area contributed by atoms with Crippen molar-refractivity contribution in [2.45, 2.75) is 6.42 Å². The van der Waals surface area contributed by atoms with Gasteiger partial charge in [0.15, 0.2) is 0 Å². The summed E-state index contributed by atoms with van der Waals surface area (Å²) in [4.78, 5) is 11.2. The maximum Gasteiger partial charge on any atom is 1.00 e. The van der Waals surface area contributed by atoms with Crippen LogP contribution in [-0.4, -0.2) is 18.2 Å². The van der Waals surface area contributed by atoms with E-state index in [9.17, 15) is 8.78 Å². The van der Waals surface area contributed by atoms with Gasteiger partial charge in [-0.15, -0.1) is 0 Å². The van der Waals surface area contributed by atoms with Crippen molar-refractivity contribution in [1.82, 2.24) is 4.57 Å². The van der Waals surface area contributed by atoms with E-state index in [0.29, 0.717) is 5.02 Å². The number of hydrogen-bond acceptors (Lipinski definition) is 3. The number of para-hydroxylation sites is 2. The second-order valence-corrected chi connectivity index (χ2v) is 18.7. The molecular weight excluding hydrogens is 1240 g/mol. The number of carbonyl (C=O) groups is 1. The van der Waals surface area contributed by atoms with Crippen molar-refractivity contribution in [3.8, 4) is 39.1 Å². The molecule has 13 aromatic rings. The van der Waals surface area contributed by atoms with E-state index in [-0.39, 0.29) is 152 Å². The smallest absolute Gasteiger partial charge is 1.00 e. The Kier molecular flexibility index (Phi) is 20.5. The Balaban J connectivity index is 0.000000172. The van der Waals surface area contributed by atoms with Crippen molar-refractivity contribution in [2.24, 2.45) is 0 Å². The number of benzene rings is 12. The van der Waals surface area contributed by atoms with E-state index in [1.165, 1.54) is 88.7 Å². The molecule has 77 heavy (non-hydrogen) atoms. The predicted molar refractivity (Wildman–Crippen MR) is 308 cm³/mol. The van der Waals surface area contributed by atoms with Crippen LogP contribution in [-0.2, 0) is 16.1 Å². The fourth-order valence-electron chi connectivity index (χ4n) is 10.4. The van der Waals surface area contributed by atoms with Crippen LogP contribution in [0.2, 0.25) is 10.0 Å². The molecule has 0 atom stereocenters. The van der Waals surface area contributed by atoms with E-state index in [1.54, 1.807) is 6.07 Å². The van der Waals surface area contributed by atoms with Crippen molar-refractivity contribution >= 4 is 94.6 Å². The molecule has 0 spiro atoms. The van der Waals surface area contributed by atoms with Crippen LogP contribution in [0.3, 0.4) is 0 Å². The predicted octanol–water partition coefficient (Wildman–Crippen LogP) is 12.3. The molecule has 14 rings (SSSR count). The number of halogens is 4. The summed E-state index contributed by atoms with van der Waals surface area (Å²) >= 11 is 12.8. The second kappa shape index (κ2) is 27.6. The Labute approximate surface area is 576 Å². The van der Waals surface area contributed by atoms with Crippen LogP contribution < -0.4 is 143 Å². The first-order valence-corrected chi connectivity index (χ1v) is 24.8. The maximum atomic E-state index is 13.7. The minimum atomic E-state index is -1.00. The van der Waals surface area contributed by atoms with Gasteiger partial charge in [-0.2, -0.15) is 0 Å². The number of aromatic nitrogens is 1. The number of carbonyl (C=O) groups excluding carboxylic acids is 1. The summed E-state index contributed by atoms with van der Waals surface area (Å²) in [6.07, 6.45) is 1.10. The Hall–Kier alpha value is -4.55. The number of alkyl halides is 1.